The molecule has 1 heterocycles. The van der Waals surface area contributed by atoms with Crippen molar-refractivity contribution in [2.75, 3.05) is 26.3 Å². The normalized spacial score (nSPS) is 24.9. The summed E-state index contributed by atoms with van der Waals surface area (Å²) in [5, 5.41) is 9.24. The van der Waals surface area contributed by atoms with Gasteiger partial charge in [0.05, 0.1) is 19.8 Å². The molecule has 1 aliphatic rings. The largest absolute Gasteiger partial charge is 0.466 e. The van der Waals surface area contributed by atoms with Gasteiger partial charge < -0.3 is 9.84 Å². The molecule has 0 amide bonds. The Kier molecular flexibility index (Phi) is 5.58. The lowest BCUT2D eigenvalue weighted by atomic mass is 10.0. The summed E-state index contributed by atoms with van der Waals surface area (Å²) in [5.74, 6) is -0.211. The third kappa shape index (κ3) is 4.09. The number of ketones is 1. The monoisotopic (exact) mass is 243 g/mol. The number of Topliss-reactive ketones (excluding diaryl/α,β-unsaturated/α-hetero) is 1. The number of carbonyl (C=O) groups is 2. The maximum absolute atomic E-state index is 11.6. The fourth-order valence-corrected chi connectivity index (χ4v) is 2.23. The van der Waals surface area contributed by atoms with E-state index < -0.39 is 5.97 Å². The van der Waals surface area contributed by atoms with E-state index in [-0.39, 0.29) is 31.4 Å². The number of carbonyl (C=O) groups excluding carboxylic acids is 2. The number of hydrogen-bond acceptors (Lipinski definition) is 5. The van der Waals surface area contributed by atoms with Crippen molar-refractivity contribution in [1.82, 2.24) is 4.90 Å². The highest BCUT2D eigenvalue weighted by Gasteiger charge is 2.31. The zero-order chi connectivity index (χ0) is 12.8. The number of ether oxygens (including phenoxy) is 1. The molecule has 0 spiro atoms. The van der Waals surface area contributed by atoms with Crippen LogP contribution in [-0.2, 0) is 14.3 Å². The lowest BCUT2D eigenvalue weighted by molar-refractivity contribution is -0.145. The average molecular weight is 243 g/mol. The van der Waals surface area contributed by atoms with E-state index in [0.717, 1.165) is 13.0 Å². The van der Waals surface area contributed by atoms with Gasteiger partial charge in [0.1, 0.15) is 6.42 Å². The van der Waals surface area contributed by atoms with Crippen LogP contribution in [0, 0.1) is 5.92 Å². The molecule has 17 heavy (non-hydrogen) atoms. The van der Waals surface area contributed by atoms with Crippen molar-refractivity contribution in [3.63, 3.8) is 0 Å². The zero-order valence-electron chi connectivity index (χ0n) is 10.5. The number of rotatable bonds is 6. The molecular formula is C12H21NO4. The van der Waals surface area contributed by atoms with Crippen LogP contribution in [0.15, 0.2) is 0 Å². The third-order valence-electron chi connectivity index (χ3n) is 3.21. The van der Waals surface area contributed by atoms with Gasteiger partial charge in [0, 0.05) is 6.04 Å². The number of hydrogen-bond donors (Lipinski definition) is 1. The van der Waals surface area contributed by atoms with Crippen LogP contribution in [0.5, 0.6) is 0 Å². The predicted molar refractivity (Wildman–Crippen MR) is 62.5 cm³/mol. The molecule has 5 nitrogen and oxygen atoms in total. The Morgan fingerprint density at radius 1 is 1.47 bits per heavy atom. The van der Waals surface area contributed by atoms with E-state index in [9.17, 15) is 14.7 Å². The molecule has 1 saturated heterocycles. The van der Waals surface area contributed by atoms with Crippen LogP contribution in [0.3, 0.4) is 0 Å². The molecule has 2 atom stereocenters. The Hall–Kier alpha value is -0.940. The van der Waals surface area contributed by atoms with Crippen molar-refractivity contribution in [2.45, 2.75) is 32.7 Å². The van der Waals surface area contributed by atoms with E-state index in [0.29, 0.717) is 12.5 Å². The number of aliphatic hydroxyl groups excluding tert-OH is 1. The van der Waals surface area contributed by atoms with Gasteiger partial charge in [0.2, 0.25) is 0 Å². The van der Waals surface area contributed by atoms with Gasteiger partial charge in [-0.15, -0.1) is 0 Å². The lowest BCUT2D eigenvalue weighted by Gasteiger charge is -2.23. The highest BCUT2D eigenvalue weighted by molar-refractivity contribution is 5.96. The van der Waals surface area contributed by atoms with E-state index in [1.165, 1.54) is 0 Å². The molecule has 0 bridgehead atoms. The van der Waals surface area contributed by atoms with Gasteiger partial charge in [-0.2, -0.15) is 0 Å². The highest BCUT2D eigenvalue weighted by atomic mass is 16.5. The van der Waals surface area contributed by atoms with Gasteiger partial charge in [-0.25, -0.2) is 0 Å². The first kappa shape index (κ1) is 14.1. The van der Waals surface area contributed by atoms with E-state index in [1.807, 2.05) is 4.90 Å². The molecule has 1 rings (SSSR count). The molecule has 5 heteroatoms. The molecule has 0 saturated carbocycles. The minimum atomic E-state index is -0.467. The summed E-state index contributed by atoms with van der Waals surface area (Å²) in [6.07, 6.45) is 0.814. The fraction of sp³-hybridized carbons (Fsp3) is 0.833. The van der Waals surface area contributed by atoms with Gasteiger partial charge in [0.15, 0.2) is 5.78 Å². The minimum Gasteiger partial charge on any atom is -0.466 e. The van der Waals surface area contributed by atoms with Crippen LogP contribution in [0.2, 0.25) is 0 Å². The molecule has 2 unspecified atom stereocenters. The van der Waals surface area contributed by atoms with E-state index in [2.05, 4.69) is 6.92 Å². The molecule has 0 aromatic heterocycles. The molecule has 98 valence electrons. The topological polar surface area (TPSA) is 66.8 Å². The fourth-order valence-electron chi connectivity index (χ4n) is 2.23. The van der Waals surface area contributed by atoms with Gasteiger partial charge in [-0.3, -0.25) is 14.5 Å². The van der Waals surface area contributed by atoms with Crippen LogP contribution in [0.25, 0.3) is 0 Å². The molecule has 1 fully saturated rings. The predicted octanol–water partition coefficient (Wildman–Crippen LogP) is 0.211. The average Bonchev–Trinajstić information content (AvgIpc) is 2.59. The first-order valence-corrected chi connectivity index (χ1v) is 6.10. The van der Waals surface area contributed by atoms with Crippen LogP contribution in [-0.4, -0.2) is 54.1 Å². The molecule has 0 aliphatic carbocycles. The maximum Gasteiger partial charge on any atom is 0.313 e. The summed E-state index contributed by atoms with van der Waals surface area (Å²) < 4.78 is 4.72. The first-order valence-electron chi connectivity index (χ1n) is 6.10. The van der Waals surface area contributed by atoms with Crippen LogP contribution < -0.4 is 0 Å². The Balaban J connectivity index is 2.38. The van der Waals surface area contributed by atoms with Gasteiger partial charge in [-0.1, -0.05) is 6.92 Å². The van der Waals surface area contributed by atoms with Crippen molar-refractivity contribution >= 4 is 11.8 Å². The summed E-state index contributed by atoms with van der Waals surface area (Å²) in [6.45, 7) is 5.18. The smallest absolute Gasteiger partial charge is 0.313 e. The van der Waals surface area contributed by atoms with Gasteiger partial charge in [0.25, 0.3) is 0 Å². The Bertz CT molecular complexity index is 280. The molecule has 0 aromatic rings. The number of aliphatic hydroxyl groups is 1. The molecule has 0 radical (unpaired) electrons. The van der Waals surface area contributed by atoms with E-state index >= 15 is 0 Å². The molecule has 1 N–H and O–H groups in total. The second kappa shape index (κ2) is 6.71. The molecule has 1 aliphatic heterocycles. The molecule has 0 aromatic carbocycles. The van der Waals surface area contributed by atoms with Crippen LogP contribution >= 0.6 is 0 Å². The quantitative estimate of drug-likeness (QED) is 0.533. The van der Waals surface area contributed by atoms with E-state index in [1.54, 1.807) is 6.92 Å². The van der Waals surface area contributed by atoms with Gasteiger partial charge in [-0.05, 0) is 25.8 Å². The second-order valence-corrected chi connectivity index (χ2v) is 4.51. The van der Waals surface area contributed by atoms with Crippen LogP contribution in [0.4, 0.5) is 0 Å². The SMILES string of the molecule is CCOC(=O)CC(=O)CN1CCC(C)C1CO. The minimum absolute atomic E-state index is 0.0427. The standard InChI is InChI=1S/C12H21NO4/c1-3-17-12(16)6-10(15)7-13-5-4-9(2)11(13)8-14/h9,11,14H,3-8H2,1-2H3. The number of esters is 1. The second-order valence-electron chi connectivity index (χ2n) is 4.51. The summed E-state index contributed by atoms with van der Waals surface area (Å²) >= 11 is 0. The van der Waals surface area contributed by atoms with Crippen molar-refractivity contribution in [3.8, 4) is 0 Å². The van der Waals surface area contributed by atoms with Crippen molar-refractivity contribution in [1.29, 1.82) is 0 Å². The Labute approximate surface area is 102 Å². The van der Waals surface area contributed by atoms with E-state index in [4.69, 9.17) is 4.74 Å². The summed E-state index contributed by atoms with van der Waals surface area (Å²) in [6, 6.07) is 0.0427. The molecular weight excluding hydrogens is 222 g/mol. The highest BCUT2D eigenvalue weighted by Crippen LogP contribution is 2.23. The maximum atomic E-state index is 11.6. The summed E-state index contributed by atoms with van der Waals surface area (Å²) in [5.41, 5.74) is 0. The van der Waals surface area contributed by atoms with Crippen molar-refractivity contribution in [2.24, 2.45) is 5.92 Å². The lowest BCUT2D eigenvalue weighted by Crippen LogP contribution is -2.39. The Morgan fingerprint density at radius 3 is 2.76 bits per heavy atom. The number of likely N-dealkylation sites (tertiary alicyclic amines) is 1. The van der Waals surface area contributed by atoms with Crippen LogP contribution in [0.1, 0.15) is 26.7 Å². The third-order valence-corrected chi connectivity index (χ3v) is 3.21. The zero-order valence-corrected chi connectivity index (χ0v) is 10.5. The Morgan fingerprint density at radius 2 is 2.18 bits per heavy atom. The van der Waals surface area contributed by atoms with Crippen molar-refractivity contribution in [3.05, 3.63) is 0 Å². The van der Waals surface area contributed by atoms with Crippen molar-refractivity contribution < 1.29 is 19.4 Å². The first-order chi connectivity index (χ1) is 8.08. The summed E-state index contributed by atoms with van der Waals surface area (Å²) in [7, 11) is 0. The summed E-state index contributed by atoms with van der Waals surface area (Å²) in [4.78, 5) is 24.7. The van der Waals surface area contributed by atoms with Gasteiger partial charge >= 0.3 is 5.97 Å². The number of nitrogens with zero attached hydrogens (tertiary/aromatic N) is 1.